The number of rotatable bonds is 9. The van der Waals surface area contributed by atoms with Crippen molar-refractivity contribution in [2.45, 2.75) is 66.8 Å². The lowest BCUT2D eigenvalue weighted by Crippen LogP contribution is -2.63. The lowest BCUT2D eigenvalue weighted by molar-refractivity contribution is -0.314. The molecule has 4 rings (SSSR count). The molecule has 0 aliphatic carbocycles. The maximum Gasteiger partial charge on any atom is 0.359 e. The zero-order valence-corrected chi connectivity index (χ0v) is 21.5. The van der Waals surface area contributed by atoms with Crippen LogP contribution in [0.1, 0.15) is 18.1 Å². The van der Waals surface area contributed by atoms with Crippen molar-refractivity contribution in [3.63, 3.8) is 0 Å². The Bertz CT molecular complexity index is 957. The van der Waals surface area contributed by atoms with Gasteiger partial charge in [-0.25, -0.2) is 4.79 Å². The maximum absolute atomic E-state index is 12.6. The van der Waals surface area contributed by atoms with Gasteiger partial charge in [0.25, 0.3) is 3.79 Å². The number of carbonyl (C=O) groups is 1. The Balaban J connectivity index is 1.63. The van der Waals surface area contributed by atoms with Crippen molar-refractivity contribution in [1.82, 2.24) is 0 Å². The highest BCUT2D eigenvalue weighted by Crippen LogP contribution is 2.39. The number of hydrogen-bond acceptors (Lipinski definition) is 7. The minimum atomic E-state index is -2.27. The van der Waals surface area contributed by atoms with Crippen molar-refractivity contribution >= 4 is 40.8 Å². The summed E-state index contributed by atoms with van der Waals surface area (Å²) in [4.78, 5) is 12.6. The minimum Gasteiger partial charge on any atom is -0.453 e. The van der Waals surface area contributed by atoms with E-state index in [2.05, 4.69) is 0 Å². The molecule has 0 amide bonds. The third-order valence-corrected chi connectivity index (χ3v) is 6.35. The summed E-state index contributed by atoms with van der Waals surface area (Å²) in [7, 11) is 1.51. The summed E-state index contributed by atoms with van der Waals surface area (Å²) in [6, 6.07) is 19.2. The van der Waals surface area contributed by atoms with Crippen LogP contribution in [0.3, 0.4) is 0 Å². The molecule has 7 nitrogen and oxygen atoms in total. The Morgan fingerprint density at radius 2 is 1.34 bits per heavy atom. The number of carbonyl (C=O) groups excluding carboxylic acids is 1. The van der Waals surface area contributed by atoms with Crippen LogP contribution < -0.4 is 0 Å². The van der Waals surface area contributed by atoms with Crippen molar-refractivity contribution in [2.24, 2.45) is 0 Å². The summed E-state index contributed by atoms with van der Waals surface area (Å²) in [5.41, 5.74) is 1.87. The highest BCUT2D eigenvalue weighted by Gasteiger charge is 2.58. The van der Waals surface area contributed by atoms with Crippen LogP contribution >= 0.6 is 34.8 Å². The molecule has 2 heterocycles. The number of methoxy groups -OCH3 is 1. The van der Waals surface area contributed by atoms with Crippen LogP contribution in [-0.4, -0.2) is 59.8 Å². The van der Waals surface area contributed by atoms with E-state index < -0.39 is 40.5 Å². The average molecular weight is 546 g/mol. The predicted molar refractivity (Wildman–Crippen MR) is 130 cm³/mol. The first kappa shape index (κ1) is 26.6. The summed E-state index contributed by atoms with van der Waals surface area (Å²) in [5.74, 6) is -1.04. The van der Waals surface area contributed by atoms with E-state index in [0.717, 1.165) is 11.1 Å². The molecule has 0 bridgehead atoms. The molecule has 0 spiro atoms. The zero-order valence-electron chi connectivity index (χ0n) is 19.2. The number of hydrogen-bond donors (Lipinski definition) is 0. The van der Waals surface area contributed by atoms with E-state index in [9.17, 15) is 4.79 Å². The molecule has 0 N–H and O–H groups in total. The van der Waals surface area contributed by atoms with Gasteiger partial charge in [0.05, 0.1) is 19.3 Å². The molecule has 10 heteroatoms. The Labute approximate surface area is 219 Å². The molecule has 35 heavy (non-hydrogen) atoms. The molecule has 2 saturated heterocycles. The molecule has 2 aromatic carbocycles. The molecule has 7 atom stereocenters. The quantitative estimate of drug-likeness (QED) is 0.259. The van der Waals surface area contributed by atoms with Crippen LogP contribution in [-0.2, 0) is 46.4 Å². The van der Waals surface area contributed by atoms with Crippen molar-refractivity contribution in [3.05, 3.63) is 71.8 Å². The summed E-state index contributed by atoms with van der Waals surface area (Å²) in [6.07, 6.45) is -4.55. The van der Waals surface area contributed by atoms with E-state index in [1.807, 2.05) is 67.6 Å². The summed E-state index contributed by atoms with van der Waals surface area (Å²) in [5, 5.41) is 0. The van der Waals surface area contributed by atoms with Gasteiger partial charge in [-0.3, -0.25) is 0 Å². The molecule has 0 saturated carbocycles. The summed E-state index contributed by atoms with van der Waals surface area (Å²) >= 11 is 17.4. The summed E-state index contributed by atoms with van der Waals surface area (Å²) in [6.45, 7) is 2.37. The maximum atomic E-state index is 12.6. The number of halogens is 3. The van der Waals surface area contributed by atoms with Crippen molar-refractivity contribution in [3.8, 4) is 0 Å². The van der Waals surface area contributed by atoms with Gasteiger partial charge in [0.2, 0.25) is 0 Å². The molecule has 2 fully saturated rings. The van der Waals surface area contributed by atoms with Gasteiger partial charge in [0, 0.05) is 7.11 Å². The van der Waals surface area contributed by atoms with Crippen molar-refractivity contribution in [1.29, 1.82) is 0 Å². The second kappa shape index (κ2) is 11.8. The van der Waals surface area contributed by atoms with E-state index in [1.54, 1.807) is 0 Å². The molecule has 2 aliphatic heterocycles. The van der Waals surface area contributed by atoms with E-state index in [4.69, 9.17) is 63.2 Å². The average Bonchev–Trinajstić information content (AvgIpc) is 3.58. The highest BCUT2D eigenvalue weighted by molar-refractivity contribution is 6.75. The molecule has 2 aliphatic rings. The topological polar surface area (TPSA) is 75.8 Å². The number of esters is 1. The van der Waals surface area contributed by atoms with E-state index in [1.165, 1.54) is 7.11 Å². The standard InChI is InChI=1S/C25H27Cl3O7/c1-15-18(33-15)20-21(35-24(29)25(26,27)28)19(31-13-16-9-5-3-6-10-16)22(23(30-2)34-20)32-14-17-11-7-4-8-12-17/h3-12,15,18-23H,13-14H2,1-2H3/t15-,18+,19+,20-,21-,22-,23+/m1/s1. The van der Waals surface area contributed by atoms with Crippen LogP contribution in [0.5, 0.6) is 0 Å². The number of ether oxygens (including phenoxy) is 6. The van der Waals surface area contributed by atoms with Gasteiger partial charge in [-0.15, -0.1) is 0 Å². The van der Waals surface area contributed by atoms with Crippen LogP contribution in [0.2, 0.25) is 0 Å². The Morgan fingerprint density at radius 1 is 0.829 bits per heavy atom. The van der Waals surface area contributed by atoms with Crippen molar-refractivity contribution < 1.29 is 33.2 Å². The fraction of sp³-hybridized carbons (Fsp3) is 0.480. The van der Waals surface area contributed by atoms with Gasteiger partial charge in [0.15, 0.2) is 12.4 Å². The molecule has 190 valence electrons. The molecular formula is C25H27Cl3O7. The number of epoxide rings is 1. The Morgan fingerprint density at radius 3 is 1.80 bits per heavy atom. The third kappa shape index (κ3) is 6.87. The van der Waals surface area contributed by atoms with Gasteiger partial charge in [-0.05, 0) is 18.1 Å². The van der Waals surface area contributed by atoms with Crippen LogP contribution in [0, 0.1) is 0 Å². The molecule has 0 unspecified atom stereocenters. The van der Waals surface area contributed by atoms with Crippen LogP contribution in [0.15, 0.2) is 60.7 Å². The fourth-order valence-corrected chi connectivity index (χ4v) is 4.19. The smallest absolute Gasteiger partial charge is 0.359 e. The Hall–Kier alpha value is -1.42. The number of benzene rings is 2. The minimum absolute atomic E-state index is 0.108. The van der Waals surface area contributed by atoms with E-state index in [0.29, 0.717) is 0 Å². The number of alkyl halides is 3. The van der Waals surface area contributed by atoms with Crippen LogP contribution in [0.25, 0.3) is 0 Å². The van der Waals surface area contributed by atoms with Gasteiger partial charge < -0.3 is 28.4 Å². The second-order valence-corrected chi connectivity index (χ2v) is 10.7. The zero-order chi connectivity index (χ0) is 25.0. The van der Waals surface area contributed by atoms with Gasteiger partial charge in [0.1, 0.15) is 24.4 Å². The lowest BCUT2D eigenvalue weighted by atomic mass is 9.95. The fourth-order valence-electron chi connectivity index (χ4n) is 4.06. The molecule has 2 aromatic rings. The first-order chi connectivity index (χ1) is 16.8. The molecule has 0 aromatic heterocycles. The Kier molecular flexibility index (Phi) is 8.94. The first-order valence-corrected chi connectivity index (χ1v) is 12.3. The monoisotopic (exact) mass is 544 g/mol. The van der Waals surface area contributed by atoms with E-state index >= 15 is 0 Å². The van der Waals surface area contributed by atoms with Crippen LogP contribution in [0.4, 0.5) is 0 Å². The summed E-state index contributed by atoms with van der Waals surface area (Å²) < 4.78 is 33.5. The second-order valence-electron chi connectivity index (χ2n) is 8.40. The molecular weight excluding hydrogens is 519 g/mol. The highest BCUT2D eigenvalue weighted by atomic mass is 35.6. The van der Waals surface area contributed by atoms with E-state index in [-0.39, 0.29) is 25.4 Å². The predicted octanol–water partition coefficient (Wildman–Crippen LogP) is 4.60. The first-order valence-electron chi connectivity index (χ1n) is 11.2. The van der Waals surface area contributed by atoms with Gasteiger partial charge >= 0.3 is 5.97 Å². The molecule has 0 radical (unpaired) electrons. The largest absolute Gasteiger partial charge is 0.453 e. The normalized spacial score (nSPS) is 30.6. The van der Waals surface area contributed by atoms with Gasteiger partial charge in [-0.1, -0.05) is 95.5 Å². The third-order valence-electron chi connectivity index (χ3n) is 5.89. The van der Waals surface area contributed by atoms with Crippen molar-refractivity contribution in [2.75, 3.05) is 7.11 Å². The lowest BCUT2D eigenvalue weighted by Gasteiger charge is -2.45. The SMILES string of the molecule is CO[C@H]1O[C@H]([C@H]2O[C@@H]2C)[C@H](OC(=O)C(Cl)(Cl)Cl)[C@H](OCc2ccccc2)[C@H]1OCc1ccccc1. The van der Waals surface area contributed by atoms with Gasteiger partial charge in [-0.2, -0.15) is 0 Å².